The Hall–Kier alpha value is -2.58. The van der Waals surface area contributed by atoms with Crippen molar-refractivity contribution in [2.75, 3.05) is 13.1 Å². The van der Waals surface area contributed by atoms with Crippen LogP contribution in [0.3, 0.4) is 0 Å². The topological polar surface area (TPSA) is 101 Å². The van der Waals surface area contributed by atoms with Crippen LogP contribution in [0.2, 0.25) is 0 Å². The van der Waals surface area contributed by atoms with E-state index < -0.39 is 37.0 Å². The van der Waals surface area contributed by atoms with E-state index in [0.717, 1.165) is 12.4 Å². The number of amides is 2. The number of carbonyl (C=O) groups excluding carboxylic acids is 2. The van der Waals surface area contributed by atoms with E-state index >= 15 is 0 Å². The third-order valence-corrected chi connectivity index (χ3v) is 2.63. The summed E-state index contributed by atoms with van der Waals surface area (Å²) < 4.78 is 45.9. The molecule has 2 N–H and O–H groups in total. The molecule has 0 radical (unpaired) electrons. The normalized spacial score (nSPS) is 40.4. The number of carbonyl (C=O) groups is 2. The molecule has 2 aliphatic heterocycles. The first-order valence-electron chi connectivity index (χ1n) is 9.09. The lowest BCUT2D eigenvalue weighted by atomic mass is 10.1. The molecular weight excluding hydrogens is 290 g/mol. The van der Waals surface area contributed by atoms with Crippen LogP contribution < -0.4 is 11.0 Å². The van der Waals surface area contributed by atoms with Crippen molar-refractivity contribution < 1.29 is 27.5 Å². The molecule has 2 fully saturated rings. The van der Waals surface area contributed by atoms with Crippen molar-refractivity contribution in [2.45, 2.75) is 12.0 Å². The lowest BCUT2D eigenvalue weighted by Crippen LogP contribution is -2.21. The molecule has 2 unspecified atom stereocenters. The number of aliphatic imine (C=N–C) groups is 2. The summed E-state index contributed by atoms with van der Waals surface area (Å²) in [5, 5.41) is 0. The summed E-state index contributed by atoms with van der Waals surface area (Å²) in [5.74, 6) is -2.07. The van der Waals surface area contributed by atoms with Gasteiger partial charge in [-0.15, -0.1) is 0 Å². The van der Waals surface area contributed by atoms with Gasteiger partial charge in [-0.1, -0.05) is 24.3 Å². The van der Waals surface area contributed by atoms with Crippen LogP contribution in [0.4, 0.5) is 0 Å². The summed E-state index contributed by atoms with van der Waals surface area (Å²) in [6, 6.07) is 1.04. The van der Waals surface area contributed by atoms with Crippen molar-refractivity contribution in [3.05, 3.63) is 35.4 Å². The van der Waals surface area contributed by atoms with Gasteiger partial charge in [0.15, 0.2) is 12.0 Å². The van der Waals surface area contributed by atoms with Crippen LogP contribution in [-0.2, 0) is 19.3 Å². The van der Waals surface area contributed by atoms with Gasteiger partial charge >= 0.3 is 0 Å². The van der Waals surface area contributed by atoms with Gasteiger partial charge in [0.1, 0.15) is 13.1 Å². The van der Waals surface area contributed by atoms with Crippen LogP contribution >= 0.6 is 0 Å². The molecule has 3 rings (SSSR count). The van der Waals surface area contributed by atoms with E-state index in [-0.39, 0.29) is 0 Å². The molecule has 22 heavy (non-hydrogen) atoms. The van der Waals surface area contributed by atoms with Crippen molar-refractivity contribution in [1.29, 1.82) is 0 Å². The molecule has 0 bridgehead atoms. The second-order valence-corrected chi connectivity index (χ2v) is 4.15. The predicted molar refractivity (Wildman–Crippen MR) is 77.4 cm³/mol. The molecule has 8 nitrogen and oxygen atoms in total. The molecule has 0 saturated carbocycles. The van der Waals surface area contributed by atoms with Gasteiger partial charge in [-0.25, -0.2) is 11.0 Å². The molecule has 2 atom stereocenters. The van der Waals surface area contributed by atoms with Gasteiger partial charge in [-0.2, -0.15) is 0 Å². The highest BCUT2D eigenvalue weighted by molar-refractivity contribution is 5.89. The molecule has 8 heteroatoms. The molecule has 2 amide bonds. The highest BCUT2D eigenvalue weighted by atomic mass is 16.9. The standard InChI is InChI=1S/C14H14N4O4/c19-13-11(7-21-17-13)15-5-9-1-2-10(4-3-9)6-16-12-8-22-18-14(12)20/h1-6,11-12H,7-8H2,(H,17,19)(H,18,20)/i7D2,8D2,11D,12D,17+1,18+1. The van der Waals surface area contributed by atoms with E-state index in [9.17, 15) is 9.59 Å². The van der Waals surface area contributed by atoms with Crippen molar-refractivity contribution in [3.63, 3.8) is 0 Å². The highest BCUT2D eigenvalue weighted by Crippen LogP contribution is 2.05. The fraction of sp³-hybridized carbons (Fsp3) is 0.286. The maximum absolute atomic E-state index is 11.6. The number of hydrogen-bond donors (Lipinski definition) is 2. The summed E-state index contributed by atoms with van der Waals surface area (Å²) in [6.07, 6.45) is 2.26. The maximum Gasteiger partial charge on any atom is 0.270 e. The third kappa shape index (κ3) is 3.35. The van der Waals surface area contributed by atoms with Crippen LogP contribution in [-0.4, -0.2) is 49.4 Å². The second-order valence-electron chi connectivity index (χ2n) is 4.15. The van der Waals surface area contributed by atoms with Crippen molar-refractivity contribution >= 4 is 24.2 Å². The average molecular weight is 310 g/mol. The average Bonchev–Trinajstić information content (AvgIpc) is 2.98. The van der Waals surface area contributed by atoms with Crippen LogP contribution in [0.1, 0.15) is 19.4 Å². The maximum atomic E-state index is 11.6. The van der Waals surface area contributed by atoms with Gasteiger partial charge in [0.25, 0.3) is 11.8 Å². The van der Waals surface area contributed by atoms with Gasteiger partial charge in [0.05, 0.1) is 8.22 Å². The summed E-state index contributed by atoms with van der Waals surface area (Å²) in [4.78, 5) is 39.4. The first-order chi connectivity index (χ1) is 12.9. The van der Waals surface area contributed by atoms with E-state index in [0.29, 0.717) is 11.1 Å². The Morgan fingerprint density at radius 1 is 1.00 bits per heavy atom. The lowest BCUT2D eigenvalue weighted by Gasteiger charge is -1.99. The summed E-state index contributed by atoms with van der Waals surface area (Å²) >= 11 is 0. The van der Waals surface area contributed by atoms with E-state index in [4.69, 9.17) is 8.22 Å². The summed E-state index contributed by atoms with van der Waals surface area (Å²) in [6.45, 7) is -5.28. The van der Waals surface area contributed by atoms with Crippen LogP contribution in [0.5, 0.6) is 0 Å². The zero-order valence-electron chi connectivity index (χ0n) is 17.0. The van der Waals surface area contributed by atoms with Gasteiger partial charge in [0.2, 0.25) is 0 Å². The SMILES string of the molecule is [2H]C1([2H])O[15NH]C(=O)C1([2H])N=Cc1ccc(C=NC2([2H])C(=O)[15NH]OC2([2H])[2H])cc1. The zero-order chi connectivity index (χ0) is 20.8. The number of nitrogens with zero attached hydrogens (tertiary/aromatic N) is 2. The zero-order valence-corrected chi connectivity index (χ0v) is 11.0. The first kappa shape index (κ1) is 8.76. The van der Waals surface area contributed by atoms with Gasteiger partial charge in [0, 0.05) is 12.4 Å². The first-order valence-corrected chi connectivity index (χ1v) is 6.09. The smallest absolute Gasteiger partial charge is 0.270 e. The Bertz CT molecular complexity index is 806. The Labute approximate surface area is 134 Å². The third-order valence-electron chi connectivity index (χ3n) is 2.63. The van der Waals surface area contributed by atoms with E-state index in [1.165, 1.54) is 24.3 Å². The minimum absolute atomic E-state index is 0.428. The molecule has 2 aliphatic rings. The van der Waals surface area contributed by atoms with E-state index in [1.54, 1.807) is 11.0 Å². The monoisotopic (exact) mass is 310 g/mol. The number of hydrogen-bond acceptors (Lipinski definition) is 6. The molecule has 1 aromatic carbocycles. The molecule has 2 saturated heterocycles. The largest absolute Gasteiger partial charge is 0.277 e. The van der Waals surface area contributed by atoms with Gasteiger partial charge < -0.3 is 0 Å². The molecule has 0 spiro atoms. The summed E-state index contributed by atoms with van der Waals surface area (Å²) in [5.41, 5.74) is 4.41. The number of benzene rings is 1. The van der Waals surface area contributed by atoms with Crippen LogP contribution in [0, 0.1) is 0 Å². The molecule has 0 aliphatic carbocycles. The summed E-state index contributed by atoms with van der Waals surface area (Å²) in [7, 11) is 0. The molecule has 2 heterocycles. The molecule has 0 aromatic heterocycles. The van der Waals surface area contributed by atoms with E-state index in [2.05, 4.69) is 19.7 Å². The number of nitrogens with one attached hydrogen (secondary N) is 2. The Balaban J connectivity index is 1.76. The van der Waals surface area contributed by atoms with E-state index in [1.807, 2.05) is 0 Å². The van der Waals surface area contributed by atoms with Crippen LogP contribution in [0.15, 0.2) is 34.3 Å². The quantitative estimate of drug-likeness (QED) is 0.572. The fourth-order valence-electron chi connectivity index (χ4n) is 1.55. The molecule has 114 valence electrons. The molecular formula is C14H14N4O4. The number of rotatable bonds is 4. The number of hydroxylamine groups is 2. The van der Waals surface area contributed by atoms with Crippen LogP contribution in [0.25, 0.3) is 0 Å². The Morgan fingerprint density at radius 2 is 1.41 bits per heavy atom. The fourth-order valence-corrected chi connectivity index (χ4v) is 1.55. The minimum Gasteiger partial charge on any atom is -0.277 e. The predicted octanol–water partition coefficient (Wildman–Crippen LogP) is -0.616. The Morgan fingerprint density at radius 3 is 1.73 bits per heavy atom. The van der Waals surface area contributed by atoms with Crippen molar-refractivity contribution in [3.8, 4) is 0 Å². The Kier molecular flexibility index (Phi) is 2.57. The minimum atomic E-state index is -2.64. The van der Waals surface area contributed by atoms with Crippen molar-refractivity contribution in [2.24, 2.45) is 9.98 Å². The molecule has 1 aromatic rings. The second kappa shape index (κ2) is 6.46. The lowest BCUT2D eigenvalue weighted by molar-refractivity contribution is -0.125. The van der Waals surface area contributed by atoms with Crippen molar-refractivity contribution in [1.82, 2.24) is 11.0 Å². The van der Waals surface area contributed by atoms with Gasteiger partial charge in [-0.05, 0) is 11.1 Å². The highest BCUT2D eigenvalue weighted by Gasteiger charge is 2.24. The van der Waals surface area contributed by atoms with Gasteiger partial charge in [-0.3, -0.25) is 29.2 Å².